The summed E-state index contributed by atoms with van der Waals surface area (Å²) in [6.07, 6.45) is 0.914. The Morgan fingerprint density at radius 2 is 2.38 bits per heavy atom. The fraction of sp³-hybridized carbons (Fsp3) is 0.600. The molecule has 1 atom stereocenters. The highest BCUT2D eigenvalue weighted by atomic mass is 127. The van der Waals surface area contributed by atoms with Gasteiger partial charge in [0.1, 0.15) is 0 Å². The van der Waals surface area contributed by atoms with E-state index in [0.717, 1.165) is 0 Å². The molecular weight excluding hydrogens is 219 g/mol. The molecule has 0 rings (SSSR count). The average molecular weight is 227 g/mol. The molecule has 47 valence electrons. The molecule has 0 saturated heterocycles. The normalized spacial score (nSPS) is 13.2. The van der Waals surface area contributed by atoms with Gasteiger partial charge in [-0.2, -0.15) is 0 Å². The average Bonchev–Trinajstić information content (AvgIpc) is 1.65. The van der Waals surface area contributed by atoms with Crippen molar-refractivity contribution in [3.63, 3.8) is 0 Å². The number of carboxylic acids is 1. The second-order valence-electron chi connectivity index (χ2n) is 1.48. The summed E-state index contributed by atoms with van der Waals surface area (Å²) >= 11 is 2.08. The van der Waals surface area contributed by atoms with Crippen molar-refractivity contribution in [2.45, 2.75) is 16.8 Å². The fourth-order valence-corrected chi connectivity index (χ4v) is 0.668. The highest BCUT2D eigenvalue weighted by Crippen LogP contribution is 2.08. The van der Waals surface area contributed by atoms with Crippen molar-refractivity contribution < 1.29 is 9.90 Å². The van der Waals surface area contributed by atoms with Crippen LogP contribution in [0.1, 0.15) is 12.8 Å². The molecule has 0 amide bonds. The fourth-order valence-electron chi connectivity index (χ4n) is 0.292. The molecule has 0 aromatic heterocycles. The van der Waals surface area contributed by atoms with E-state index in [1.807, 2.05) is 0 Å². The zero-order valence-electron chi connectivity index (χ0n) is 4.43. The first kappa shape index (κ1) is 8.20. The highest BCUT2D eigenvalue weighted by molar-refractivity contribution is 14.1. The molecule has 1 N–H and O–H groups in total. The topological polar surface area (TPSA) is 37.3 Å². The second-order valence-corrected chi connectivity index (χ2v) is 3.25. The predicted molar refractivity (Wildman–Crippen MR) is 40.0 cm³/mol. The predicted octanol–water partition coefficient (Wildman–Crippen LogP) is 1.49. The summed E-state index contributed by atoms with van der Waals surface area (Å²) in [5.74, 6) is -0.743. The van der Waals surface area contributed by atoms with Gasteiger partial charge in [-0.1, -0.05) is 29.5 Å². The first-order valence-corrected chi connectivity index (χ1v) is 3.56. The van der Waals surface area contributed by atoms with Crippen LogP contribution in [0.15, 0.2) is 0 Å². The molecule has 2 nitrogen and oxygen atoms in total. The lowest BCUT2D eigenvalue weighted by Gasteiger charge is -1.98. The molecule has 0 fully saturated rings. The molecule has 0 aliphatic carbocycles. The van der Waals surface area contributed by atoms with Crippen molar-refractivity contribution in [2.75, 3.05) is 0 Å². The molecule has 0 aliphatic rings. The number of aliphatic carboxylic acids is 1. The third-order valence-electron chi connectivity index (χ3n) is 0.709. The maximum absolute atomic E-state index is 9.94. The molecule has 0 aromatic carbocycles. The maximum Gasteiger partial charge on any atom is 0.304 e. The van der Waals surface area contributed by atoms with Gasteiger partial charge in [0.05, 0.1) is 6.42 Å². The number of carboxylic acid groups (broad SMARTS) is 1. The minimum absolute atomic E-state index is 0.185. The second kappa shape index (κ2) is 4.12. The van der Waals surface area contributed by atoms with Gasteiger partial charge in [-0.3, -0.25) is 4.79 Å². The van der Waals surface area contributed by atoms with Crippen LogP contribution in [0.25, 0.3) is 0 Å². The number of halogens is 1. The van der Waals surface area contributed by atoms with E-state index in [2.05, 4.69) is 29.5 Å². The van der Waals surface area contributed by atoms with Crippen LogP contribution in [0.2, 0.25) is 0 Å². The van der Waals surface area contributed by atoms with Gasteiger partial charge in [0.25, 0.3) is 0 Å². The van der Waals surface area contributed by atoms with E-state index in [0.29, 0.717) is 6.42 Å². The third-order valence-corrected chi connectivity index (χ3v) is 1.77. The molecule has 0 heterocycles. The lowest BCUT2D eigenvalue weighted by molar-refractivity contribution is -0.136. The summed E-state index contributed by atoms with van der Waals surface area (Å²) < 4.78 is 0.185. The van der Waals surface area contributed by atoms with Gasteiger partial charge in [-0.05, 0) is 6.42 Å². The van der Waals surface area contributed by atoms with Gasteiger partial charge < -0.3 is 5.11 Å². The van der Waals surface area contributed by atoms with Crippen molar-refractivity contribution in [2.24, 2.45) is 0 Å². The van der Waals surface area contributed by atoms with E-state index in [-0.39, 0.29) is 10.3 Å². The van der Waals surface area contributed by atoms with Gasteiger partial charge in [-0.25, -0.2) is 0 Å². The summed E-state index contributed by atoms with van der Waals surface area (Å²) in [6, 6.07) is 0. The lowest BCUT2D eigenvalue weighted by atomic mass is 10.3. The van der Waals surface area contributed by atoms with Crippen LogP contribution in [0.5, 0.6) is 0 Å². The van der Waals surface area contributed by atoms with Crippen molar-refractivity contribution in [3.05, 3.63) is 6.92 Å². The summed E-state index contributed by atoms with van der Waals surface area (Å²) in [5, 5.41) is 8.18. The Hall–Kier alpha value is 0.200. The molecule has 1 unspecified atom stereocenters. The summed E-state index contributed by atoms with van der Waals surface area (Å²) in [6.45, 7) is 3.57. The first-order chi connectivity index (χ1) is 3.66. The summed E-state index contributed by atoms with van der Waals surface area (Å²) in [5.41, 5.74) is 0. The summed E-state index contributed by atoms with van der Waals surface area (Å²) in [4.78, 5) is 9.94. The minimum atomic E-state index is -0.743. The number of hydrogen-bond acceptors (Lipinski definition) is 1. The van der Waals surface area contributed by atoms with E-state index in [9.17, 15) is 4.79 Å². The smallest absolute Gasteiger partial charge is 0.304 e. The molecule has 3 heteroatoms. The van der Waals surface area contributed by atoms with Gasteiger partial charge in [0, 0.05) is 3.92 Å². The van der Waals surface area contributed by atoms with Crippen LogP contribution >= 0.6 is 22.6 Å². The number of rotatable bonds is 3. The zero-order valence-corrected chi connectivity index (χ0v) is 6.59. The van der Waals surface area contributed by atoms with Crippen molar-refractivity contribution in [1.29, 1.82) is 0 Å². The molecular formula is C5H8IO2. The van der Waals surface area contributed by atoms with Crippen LogP contribution in [-0.4, -0.2) is 15.0 Å². The Labute approximate surface area is 62.4 Å². The van der Waals surface area contributed by atoms with E-state index in [1.54, 1.807) is 0 Å². The third kappa shape index (κ3) is 4.36. The molecule has 0 bridgehead atoms. The Morgan fingerprint density at radius 3 is 2.50 bits per heavy atom. The maximum atomic E-state index is 9.94. The Bertz CT molecular complexity index is 82.5. The first-order valence-electron chi connectivity index (χ1n) is 2.32. The van der Waals surface area contributed by atoms with Gasteiger partial charge in [0.15, 0.2) is 0 Å². The Morgan fingerprint density at radius 1 is 1.88 bits per heavy atom. The Kier molecular flexibility index (Phi) is 4.22. The molecule has 0 aliphatic heterocycles. The van der Waals surface area contributed by atoms with Crippen LogP contribution in [0, 0.1) is 6.92 Å². The van der Waals surface area contributed by atoms with E-state index in [4.69, 9.17) is 5.11 Å². The number of alkyl halides is 1. The lowest BCUT2D eigenvalue weighted by Crippen LogP contribution is -2.04. The number of hydrogen-bond donors (Lipinski definition) is 1. The SMILES string of the molecule is [CH2]CC(I)CC(=O)O. The van der Waals surface area contributed by atoms with E-state index >= 15 is 0 Å². The summed E-state index contributed by atoms with van der Waals surface area (Å²) in [7, 11) is 0. The number of carbonyl (C=O) groups is 1. The Balaban J connectivity index is 3.24. The van der Waals surface area contributed by atoms with Crippen LogP contribution in [-0.2, 0) is 4.79 Å². The largest absolute Gasteiger partial charge is 0.481 e. The van der Waals surface area contributed by atoms with Crippen molar-refractivity contribution >= 4 is 28.6 Å². The van der Waals surface area contributed by atoms with E-state index < -0.39 is 5.97 Å². The van der Waals surface area contributed by atoms with E-state index in [1.165, 1.54) is 0 Å². The van der Waals surface area contributed by atoms with Gasteiger partial charge in [-0.15, -0.1) is 0 Å². The standard InChI is InChI=1S/C5H8IO2/c1-2-4(6)3-5(7)8/h4H,1-3H2,(H,7,8). The molecule has 0 spiro atoms. The van der Waals surface area contributed by atoms with Gasteiger partial charge in [0.2, 0.25) is 0 Å². The molecule has 1 radical (unpaired) electrons. The van der Waals surface area contributed by atoms with Crippen LogP contribution < -0.4 is 0 Å². The molecule has 0 saturated carbocycles. The molecule has 0 aromatic rings. The quantitative estimate of drug-likeness (QED) is 0.585. The van der Waals surface area contributed by atoms with Crippen LogP contribution in [0.4, 0.5) is 0 Å². The minimum Gasteiger partial charge on any atom is -0.481 e. The highest BCUT2D eigenvalue weighted by Gasteiger charge is 2.04. The van der Waals surface area contributed by atoms with Crippen molar-refractivity contribution in [1.82, 2.24) is 0 Å². The van der Waals surface area contributed by atoms with Crippen molar-refractivity contribution in [3.8, 4) is 0 Å². The molecule has 8 heavy (non-hydrogen) atoms. The van der Waals surface area contributed by atoms with Gasteiger partial charge >= 0.3 is 5.97 Å². The monoisotopic (exact) mass is 227 g/mol. The van der Waals surface area contributed by atoms with Crippen LogP contribution in [0.3, 0.4) is 0 Å². The zero-order chi connectivity index (χ0) is 6.57.